The van der Waals surface area contributed by atoms with E-state index in [1.807, 2.05) is 22.7 Å². The predicted octanol–water partition coefficient (Wildman–Crippen LogP) is 0.743. The maximum Gasteiger partial charge on any atom is 0.256 e. The lowest BCUT2D eigenvalue weighted by molar-refractivity contribution is -0.171. The third-order valence-electron chi connectivity index (χ3n) is 4.65. The van der Waals surface area contributed by atoms with Crippen molar-refractivity contribution in [1.29, 1.82) is 0 Å². The molecule has 0 N–H and O–H groups in total. The van der Waals surface area contributed by atoms with Crippen LogP contribution in [0.5, 0.6) is 0 Å². The molecule has 2 saturated heterocycles. The number of amides is 1. The number of ether oxygens (including phenoxy) is 2. The van der Waals surface area contributed by atoms with Crippen molar-refractivity contribution in [2.24, 2.45) is 0 Å². The number of aromatic nitrogens is 2. The third-order valence-corrected chi connectivity index (χ3v) is 4.65. The molecule has 0 radical (unpaired) electrons. The van der Waals surface area contributed by atoms with Gasteiger partial charge in [-0.05, 0) is 13.3 Å². The Morgan fingerprint density at radius 3 is 2.83 bits per heavy atom. The van der Waals surface area contributed by atoms with E-state index < -0.39 is 5.60 Å². The highest BCUT2D eigenvalue weighted by Gasteiger charge is 2.42. The largest absolute Gasteiger partial charge is 0.378 e. The summed E-state index contributed by atoms with van der Waals surface area (Å²) >= 11 is 0. The molecule has 1 aromatic rings. The van der Waals surface area contributed by atoms with Gasteiger partial charge in [-0.3, -0.25) is 14.4 Å². The van der Waals surface area contributed by atoms with Gasteiger partial charge in [0.1, 0.15) is 0 Å². The summed E-state index contributed by atoms with van der Waals surface area (Å²) in [6.07, 6.45) is 5.09. The van der Waals surface area contributed by atoms with Crippen molar-refractivity contribution >= 4 is 5.91 Å². The Kier molecular flexibility index (Phi) is 5.53. The molecule has 0 bridgehead atoms. The van der Waals surface area contributed by atoms with E-state index in [-0.39, 0.29) is 5.91 Å². The molecule has 2 aliphatic heterocycles. The standard InChI is InChI=1S/C17H28N4O3/c1-3-4-21-13-15(11-18-21)12-19-5-10-24-17(2,14-19)16(22)20-6-8-23-9-7-20/h11,13H,3-10,12,14H2,1-2H3/t17-/m1/s1. The molecule has 24 heavy (non-hydrogen) atoms. The highest BCUT2D eigenvalue weighted by atomic mass is 16.5. The van der Waals surface area contributed by atoms with E-state index in [2.05, 4.69) is 23.1 Å². The Balaban J connectivity index is 1.60. The molecule has 0 saturated carbocycles. The normalized spacial score (nSPS) is 25.8. The average Bonchev–Trinajstić information content (AvgIpc) is 3.02. The molecule has 1 amide bonds. The number of carbonyl (C=O) groups is 1. The third kappa shape index (κ3) is 3.96. The first-order valence-corrected chi connectivity index (χ1v) is 8.85. The second kappa shape index (κ2) is 7.63. The Labute approximate surface area is 143 Å². The van der Waals surface area contributed by atoms with E-state index in [9.17, 15) is 4.79 Å². The lowest BCUT2D eigenvalue weighted by atomic mass is 10.0. The molecule has 0 aliphatic carbocycles. The number of carbonyl (C=O) groups excluding carboxylic acids is 1. The Bertz CT molecular complexity index is 556. The van der Waals surface area contributed by atoms with Gasteiger partial charge in [0.05, 0.1) is 26.0 Å². The lowest BCUT2D eigenvalue weighted by Crippen LogP contribution is -2.60. The second-order valence-corrected chi connectivity index (χ2v) is 6.81. The fourth-order valence-corrected chi connectivity index (χ4v) is 3.41. The molecule has 3 heterocycles. The van der Waals surface area contributed by atoms with Crippen molar-refractivity contribution in [3.63, 3.8) is 0 Å². The van der Waals surface area contributed by atoms with Crippen LogP contribution in [-0.2, 0) is 27.4 Å². The number of nitrogens with zero attached hydrogens (tertiary/aromatic N) is 4. The summed E-state index contributed by atoms with van der Waals surface area (Å²) in [7, 11) is 0. The molecule has 0 spiro atoms. The van der Waals surface area contributed by atoms with Gasteiger partial charge in [-0.15, -0.1) is 0 Å². The zero-order valence-corrected chi connectivity index (χ0v) is 14.7. The highest BCUT2D eigenvalue weighted by Crippen LogP contribution is 2.22. The van der Waals surface area contributed by atoms with Crippen LogP contribution < -0.4 is 0 Å². The van der Waals surface area contributed by atoms with Crippen molar-refractivity contribution in [2.75, 3.05) is 46.0 Å². The second-order valence-electron chi connectivity index (χ2n) is 6.81. The van der Waals surface area contributed by atoms with Crippen LogP contribution in [0, 0.1) is 0 Å². The van der Waals surface area contributed by atoms with Crippen molar-refractivity contribution in [1.82, 2.24) is 19.6 Å². The molecule has 0 unspecified atom stereocenters. The number of hydrogen-bond acceptors (Lipinski definition) is 5. The first-order valence-electron chi connectivity index (χ1n) is 8.85. The first-order chi connectivity index (χ1) is 11.6. The Hall–Kier alpha value is -1.44. The quantitative estimate of drug-likeness (QED) is 0.794. The van der Waals surface area contributed by atoms with Gasteiger partial charge in [0.25, 0.3) is 5.91 Å². The van der Waals surface area contributed by atoms with E-state index in [0.29, 0.717) is 39.5 Å². The van der Waals surface area contributed by atoms with Gasteiger partial charge in [0, 0.05) is 51.0 Å². The van der Waals surface area contributed by atoms with Crippen LogP contribution in [0.3, 0.4) is 0 Å². The maximum atomic E-state index is 12.9. The summed E-state index contributed by atoms with van der Waals surface area (Å²) in [6, 6.07) is 0. The van der Waals surface area contributed by atoms with Crippen molar-refractivity contribution in [2.45, 2.75) is 39.0 Å². The molecule has 7 nitrogen and oxygen atoms in total. The lowest BCUT2D eigenvalue weighted by Gasteiger charge is -2.42. The first kappa shape index (κ1) is 17.4. The molecular weight excluding hydrogens is 308 g/mol. The van der Waals surface area contributed by atoms with Crippen LogP contribution in [0.15, 0.2) is 12.4 Å². The SMILES string of the molecule is CCCn1cc(CN2CCO[C@@](C)(C(=O)N3CCOCC3)C2)cn1. The van der Waals surface area contributed by atoms with Crippen LogP contribution in [-0.4, -0.2) is 77.1 Å². The maximum absolute atomic E-state index is 12.9. The minimum Gasteiger partial charge on any atom is -0.378 e. The van der Waals surface area contributed by atoms with Gasteiger partial charge in [0.2, 0.25) is 0 Å². The summed E-state index contributed by atoms with van der Waals surface area (Å²) in [5.41, 5.74) is 0.418. The van der Waals surface area contributed by atoms with Crippen LogP contribution >= 0.6 is 0 Å². The van der Waals surface area contributed by atoms with E-state index in [1.165, 1.54) is 5.56 Å². The van der Waals surface area contributed by atoms with Gasteiger partial charge in [-0.2, -0.15) is 5.10 Å². The smallest absolute Gasteiger partial charge is 0.256 e. The summed E-state index contributed by atoms with van der Waals surface area (Å²) < 4.78 is 13.2. The van der Waals surface area contributed by atoms with E-state index >= 15 is 0 Å². The average molecular weight is 336 g/mol. The highest BCUT2D eigenvalue weighted by molar-refractivity contribution is 5.85. The van der Waals surface area contributed by atoms with Gasteiger partial charge < -0.3 is 14.4 Å². The fourth-order valence-electron chi connectivity index (χ4n) is 3.41. The molecule has 0 aromatic carbocycles. The van der Waals surface area contributed by atoms with Gasteiger partial charge in [-0.25, -0.2) is 0 Å². The molecule has 7 heteroatoms. The summed E-state index contributed by atoms with van der Waals surface area (Å²) in [5.74, 6) is 0.0807. The molecule has 2 aliphatic rings. The molecule has 1 atom stereocenters. The van der Waals surface area contributed by atoms with Crippen LogP contribution in [0.2, 0.25) is 0 Å². The molecular formula is C17H28N4O3. The number of hydrogen-bond donors (Lipinski definition) is 0. The number of rotatable bonds is 5. The summed E-state index contributed by atoms with van der Waals surface area (Å²) in [6.45, 7) is 10.4. The monoisotopic (exact) mass is 336 g/mol. The van der Waals surface area contributed by atoms with Crippen LogP contribution in [0.25, 0.3) is 0 Å². The van der Waals surface area contributed by atoms with Crippen LogP contribution in [0.4, 0.5) is 0 Å². The summed E-state index contributed by atoms with van der Waals surface area (Å²) in [4.78, 5) is 17.0. The zero-order valence-electron chi connectivity index (χ0n) is 14.7. The summed E-state index contributed by atoms with van der Waals surface area (Å²) in [5, 5.41) is 4.39. The topological polar surface area (TPSA) is 59.8 Å². The van der Waals surface area contributed by atoms with Crippen molar-refractivity contribution in [3.05, 3.63) is 18.0 Å². The number of morpholine rings is 2. The molecule has 3 rings (SSSR count). The molecule has 134 valence electrons. The van der Waals surface area contributed by atoms with E-state index in [1.54, 1.807) is 0 Å². The van der Waals surface area contributed by atoms with Crippen molar-refractivity contribution in [3.8, 4) is 0 Å². The van der Waals surface area contributed by atoms with Gasteiger partial charge in [0.15, 0.2) is 5.60 Å². The van der Waals surface area contributed by atoms with Gasteiger partial charge >= 0.3 is 0 Å². The van der Waals surface area contributed by atoms with E-state index in [4.69, 9.17) is 9.47 Å². The van der Waals surface area contributed by atoms with E-state index in [0.717, 1.165) is 26.1 Å². The minimum absolute atomic E-state index is 0.0807. The number of aryl methyl sites for hydroxylation is 1. The van der Waals surface area contributed by atoms with Gasteiger partial charge in [-0.1, -0.05) is 6.92 Å². The minimum atomic E-state index is -0.769. The van der Waals surface area contributed by atoms with Crippen LogP contribution in [0.1, 0.15) is 25.8 Å². The predicted molar refractivity (Wildman–Crippen MR) is 89.6 cm³/mol. The zero-order chi connectivity index (χ0) is 17.0. The molecule has 1 aromatic heterocycles. The molecule has 2 fully saturated rings. The van der Waals surface area contributed by atoms with Crippen molar-refractivity contribution < 1.29 is 14.3 Å². The Morgan fingerprint density at radius 1 is 1.29 bits per heavy atom. The fraction of sp³-hybridized carbons (Fsp3) is 0.765. The Morgan fingerprint density at radius 2 is 2.08 bits per heavy atom.